The Hall–Kier alpha value is -3.15. The standard InChI is InChI=1S/C26H29ClF4N6O/c1-35-17-33-16-20(35)15-32-14-18-2-4-21(22(28)12-18)25(38)34-23-5-3-19(27)13-24(23)37-10-8-36(9-11-37)7-6-26(29,30)31/h2-5,12-13,16-17,32H,6-11,14-15H2,1H3,(H,34,38). The zero-order valence-electron chi connectivity index (χ0n) is 20.9. The van der Waals surface area contributed by atoms with Crippen LogP contribution in [0, 0.1) is 5.82 Å². The molecule has 1 amide bonds. The topological polar surface area (TPSA) is 65.4 Å². The van der Waals surface area contributed by atoms with E-state index >= 15 is 0 Å². The molecule has 1 saturated heterocycles. The third-order valence-corrected chi connectivity index (χ3v) is 6.70. The number of imidazole rings is 1. The van der Waals surface area contributed by atoms with Crippen molar-refractivity contribution < 1.29 is 22.4 Å². The molecular weight excluding hydrogens is 524 g/mol. The summed E-state index contributed by atoms with van der Waals surface area (Å²) in [6, 6.07) is 9.41. The summed E-state index contributed by atoms with van der Waals surface area (Å²) in [6.07, 6.45) is -1.59. The molecule has 204 valence electrons. The Labute approximate surface area is 223 Å². The van der Waals surface area contributed by atoms with Crippen molar-refractivity contribution in [1.82, 2.24) is 19.8 Å². The van der Waals surface area contributed by atoms with Crippen LogP contribution in [0.4, 0.5) is 28.9 Å². The van der Waals surface area contributed by atoms with E-state index in [1.807, 2.05) is 16.5 Å². The van der Waals surface area contributed by atoms with Crippen molar-refractivity contribution in [2.24, 2.45) is 7.05 Å². The normalized spacial score (nSPS) is 14.6. The summed E-state index contributed by atoms with van der Waals surface area (Å²) in [5, 5.41) is 6.44. The predicted octanol–water partition coefficient (Wildman–Crippen LogP) is 4.83. The number of hydrogen-bond acceptors (Lipinski definition) is 5. The minimum absolute atomic E-state index is 0.0510. The van der Waals surface area contributed by atoms with Crippen LogP contribution in [0.25, 0.3) is 0 Å². The Morgan fingerprint density at radius 3 is 2.50 bits per heavy atom. The number of nitrogens with zero attached hydrogens (tertiary/aromatic N) is 4. The lowest BCUT2D eigenvalue weighted by molar-refractivity contribution is -0.138. The number of piperazine rings is 1. The van der Waals surface area contributed by atoms with Gasteiger partial charge in [0, 0.05) is 64.1 Å². The van der Waals surface area contributed by atoms with Gasteiger partial charge < -0.3 is 20.1 Å². The summed E-state index contributed by atoms with van der Waals surface area (Å²) in [6.45, 7) is 2.76. The highest BCUT2D eigenvalue weighted by Crippen LogP contribution is 2.31. The van der Waals surface area contributed by atoms with Crippen LogP contribution in [0.1, 0.15) is 28.0 Å². The number of amides is 1. The van der Waals surface area contributed by atoms with Crippen LogP contribution in [-0.4, -0.2) is 59.3 Å². The summed E-state index contributed by atoms with van der Waals surface area (Å²) in [7, 11) is 1.89. The smallest absolute Gasteiger partial charge is 0.367 e. The van der Waals surface area contributed by atoms with Crippen molar-refractivity contribution in [3.63, 3.8) is 0 Å². The fourth-order valence-corrected chi connectivity index (χ4v) is 4.47. The number of aryl methyl sites for hydroxylation is 1. The Kier molecular flexibility index (Phi) is 8.91. The molecule has 0 atom stereocenters. The van der Waals surface area contributed by atoms with E-state index in [0.717, 1.165) is 5.69 Å². The van der Waals surface area contributed by atoms with E-state index < -0.39 is 24.3 Å². The molecule has 1 aliphatic heterocycles. The minimum Gasteiger partial charge on any atom is -0.367 e. The van der Waals surface area contributed by atoms with E-state index in [1.54, 1.807) is 41.7 Å². The van der Waals surface area contributed by atoms with Crippen LogP contribution in [-0.2, 0) is 20.1 Å². The number of carbonyl (C=O) groups excluding carboxylic acids is 1. The molecule has 0 spiro atoms. The van der Waals surface area contributed by atoms with E-state index in [2.05, 4.69) is 15.6 Å². The van der Waals surface area contributed by atoms with Gasteiger partial charge in [-0.05, 0) is 35.9 Å². The number of carbonyl (C=O) groups is 1. The molecule has 0 aliphatic carbocycles. The highest BCUT2D eigenvalue weighted by atomic mass is 35.5. The van der Waals surface area contributed by atoms with E-state index in [-0.39, 0.29) is 12.1 Å². The number of rotatable bonds is 9. The zero-order valence-corrected chi connectivity index (χ0v) is 21.6. The van der Waals surface area contributed by atoms with Gasteiger partial charge in [0.25, 0.3) is 5.91 Å². The monoisotopic (exact) mass is 552 g/mol. The van der Waals surface area contributed by atoms with Gasteiger partial charge in [0.05, 0.1) is 35.4 Å². The molecule has 1 fully saturated rings. The molecule has 2 aromatic carbocycles. The molecule has 0 radical (unpaired) electrons. The fraction of sp³-hybridized carbons (Fsp3) is 0.385. The zero-order chi connectivity index (χ0) is 27.3. The highest BCUT2D eigenvalue weighted by Gasteiger charge is 2.29. The average Bonchev–Trinajstić information content (AvgIpc) is 3.28. The molecule has 3 aromatic rings. The third kappa shape index (κ3) is 7.46. The van der Waals surface area contributed by atoms with Crippen molar-refractivity contribution in [2.45, 2.75) is 25.7 Å². The summed E-state index contributed by atoms with van der Waals surface area (Å²) in [5.74, 6) is -1.25. The first kappa shape index (κ1) is 27.9. The number of nitrogens with one attached hydrogen (secondary N) is 2. The third-order valence-electron chi connectivity index (χ3n) is 6.46. The molecule has 0 saturated carbocycles. The lowest BCUT2D eigenvalue weighted by Crippen LogP contribution is -2.47. The number of anilines is 2. The Bertz CT molecular complexity index is 1260. The molecule has 2 N–H and O–H groups in total. The molecular formula is C26H29ClF4N6O. The van der Waals surface area contributed by atoms with Crippen LogP contribution >= 0.6 is 11.6 Å². The lowest BCUT2D eigenvalue weighted by Gasteiger charge is -2.37. The molecule has 0 bridgehead atoms. The number of hydrogen-bond donors (Lipinski definition) is 2. The lowest BCUT2D eigenvalue weighted by atomic mass is 10.1. The number of alkyl halides is 3. The van der Waals surface area contributed by atoms with Gasteiger partial charge in [0.1, 0.15) is 5.82 Å². The number of halogens is 5. The van der Waals surface area contributed by atoms with Crippen LogP contribution in [0.3, 0.4) is 0 Å². The molecule has 7 nitrogen and oxygen atoms in total. The van der Waals surface area contributed by atoms with Crippen LogP contribution in [0.15, 0.2) is 48.9 Å². The maximum Gasteiger partial charge on any atom is 0.390 e. The van der Waals surface area contributed by atoms with Gasteiger partial charge in [-0.15, -0.1) is 0 Å². The first-order chi connectivity index (χ1) is 18.1. The van der Waals surface area contributed by atoms with E-state index in [1.165, 1.54) is 12.1 Å². The average molecular weight is 553 g/mol. The van der Waals surface area contributed by atoms with Crippen molar-refractivity contribution in [3.05, 3.63) is 76.6 Å². The second-order valence-electron chi connectivity index (χ2n) is 9.22. The van der Waals surface area contributed by atoms with Crippen molar-refractivity contribution in [1.29, 1.82) is 0 Å². The summed E-state index contributed by atoms with van der Waals surface area (Å²) < 4.78 is 54.4. The molecule has 12 heteroatoms. The van der Waals surface area contributed by atoms with Crippen LogP contribution in [0.5, 0.6) is 0 Å². The quantitative estimate of drug-likeness (QED) is 0.372. The van der Waals surface area contributed by atoms with Gasteiger partial charge in [-0.25, -0.2) is 9.37 Å². The molecule has 4 rings (SSSR count). The molecule has 1 aromatic heterocycles. The van der Waals surface area contributed by atoms with E-state index in [9.17, 15) is 22.4 Å². The van der Waals surface area contributed by atoms with E-state index in [0.29, 0.717) is 61.2 Å². The van der Waals surface area contributed by atoms with Crippen molar-refractivity contribution in [3.8, 4) is 0 Å². The Balaban J connectivity index is 1.37. The number of aromatic nitrogens is 2. The molecule has 38 heavy (non-hydrogen) atoms. The number of benzene rings is 2. The summed E-state index contributed by atoms with van der Waals surface area (Å²) in [5.41, 5.74) is 2.67. The highest BCUT2D eigenvalue weighted by molar-refractivity contribution is 6.31. The van der Waals surface area contributed by atoms with Gasteiger partial charge in [-0.3, -0.25) is 9.69 Å². The fourth-order valence-electron chi connectivity index (χ4n) is 4.30. The van der Waals surface area contributed by atoms with Gasteiger partial charge in [0.15, 0.2) is 0 Å². The minimum atomic E-state index is -4.19. The maximum atomic E-state index is 14.9. The molecule has 0 unspecified atom stereocenters. The maximum absolute atomic E-state index is 14.9. The van der Waals surface area contributed by atoms with Crippen molar-refractivity contribution in [2.75, 3.05) is 42.9 Å². The van der Waals surface area contributed by atoms with Crippen LogP contribution in [0.2, 0.25) is 5.02 Å². The molecule has 2 heterocycles. The van der Waals surface area contributed by atoms with Gasteiger partial charge in [0.2, 0.25) is 0 Å². The van der Waals surface area contributed by atoms with Gasteiger partial charge >= 0.3 is 6.18 Å². The first-order valence-electron chi connectivity index (χ1n) is 12.2. The first-order valence-corrected chi connectivity index (χ1v) is 12.6. The van der Waals surface area contributed by atoms with Crippen molar-refractivity contribution >= 4 is 28.9 Å². The van der Waals surface area contributed by atoms with Crippen LogP contribution < -0.4 is 15.5 Å². The SMILES string of the molecule is Cn1cncc1CNCc1ccc(C(=O)Nc2ccc(Cl)cc2N2CCN(CCC(F)(F)F)CC2)c(F)c1. The summed E-state index contributed by atoms with van der Waals surface area (Å²) in [4.78, 5) is 20.7. The second-order valence-corrected chi connectivity index (χ2v) is 9.66. The second kappa shape index (κ2) is 12.1. The molecule has 1 aliphatic rings. The predicted molar refractivity (Wildman–Crippen MR) is 139 cm³/mol. The largest absolute Gasteiger partial charge is 0.390 e. The Morgan fingerprint density at radius 1 is 1.08 bits per heavy atom. The van der Waals surface area contributed by atoms with E-state index in [4.69, 9.17) is 11.6 Å². The van der Waals surface area contributed by atoms with Gasteiger partial charge in [-0.1, -0.05) is 17.7 Å². The Morgan fingerprint density at radius 2 is 1.84 bits per heavy atom. The summed E-state index contributed by atoms with van der Waals surface area (Å²) >= 11 is 6.20. The van der Waals surface area contributed by atoms with Gasteiger partial charge in [-0.2, -0.15) is 13.2 Å².